The van der Waals surface area contributed by atoms with Gasteiger partial charge in [0, 0.05) is 11.5 Å². The Morgan fingerprint density at radius 2 is 2.32 bits per heavy atom. The van der Waals surface area contributed by atoms with Gasteiger partial charge in [-0.2, -0.15) is 5.10 Å². The van der Waals surface area contributed by atoms with Gasteiger partial charge in [-0.3, -0.25) is 0 Å². The van der Waals surface area contributed by atoms with E-state index in [2.05, 4.69) is 10.1 Å². The maximum atomic E-state index is 14.6. The van der Waals surface area contributed by atoms with E-state index in [4.69, 9.17) is 28.4 Å². The summed E-state index contributed by atoms with van der Waals surface area (Å²) in [5.41, 5.74) is 12.9. The van der Waals surface area contributed by atoms with Gasteiger partial charge in [0.15, 0.2) is 5.82 Å². The van der Waals surface area contributed by atoms with Crippen molar-refractivity contribution in [1.82, 2.24) is 14.6 Å². The highest BCUT2D eigenvalue weighted by molar-refractivity contribution is 7.80. The molecule has 3 rings (SSSR count). The lowest BCUT2D eigenvalue weighted by molar-refractivity contribution is -0.00712. The minimum absolute atomic E-state index is 0.116. The van der Waals surface area contributed by atoms with Crippen molar-refractivity contribution in [2.75, 3.05) is 12.3 Å². The molecule has 0 unspecified atom stereocenters. The third kappa shape index (κ3) is 2.13. The standard InChI is InChI=1S/C13H16FN5O2S/c1-5-8(3-20)21-11(9(5)14)7-2-6(13(16)22)10-12(15)17-4-18-19(7)10/h2,4-5,8-9,11,20H,3H2,1H3,(H2,16,22)(H2,15,17,18)/t5-,8-,9-,11+/m1/s1. The molecule has 22 heavy (non-hydrogen) atoms. The molecule has 3 heterocycles. The van der Waals surface area contributed by atoms with E-state index in [9.17, 15) is 9.50 Å². The number of alkyl halides is 1. The van der Waals surface area contributed by atoms with Crippen molar-refractivity contribution >= 4 is 28.5 Å². The van der Waals surface area contributed by atoms with Crippen LogP contribution in [0.4, 0.5) is 10.2 Å². The summed E-state index contributed by atoms with van der Waals surface area (Å²) < 4.78 is 21.6. The fourth-order valence-corrected chi connectivity index (χ4v) is 2.95. The quantitative estimate of drug-likeness (QED) is 0.698. The number of aromatic nitrogens is 3. The summed E-state index contributed by atoms with van der Waals surface area (Å²) in [5.74, 6) is -0.239. The Labute approximate surface area is 131 Å². The maximum absolute atomic E-state index is 14.6. The molecular weight excluding hydrogens is 309 g/mol. The van der Waals surface area contributed by atoms with Crippen LogP contribution in [0.15, 0.2) is 12.4 Å². The molecule has 0 aromatic carbocycles. The zero-order valence-corrected chi connectivity index (χ0v) is 12.6. The number of aliphatic hydroxyl groups is 1. The van der Waals surface area contributed by atoms with Gasteiger partial charge in [0.05, 0.1) is 18.4 Å². The van der Waals surface area contributed by atoms with Crippen LogP contribution in [0.25, 0.3) is 5.52 Å². The normalized spacial score (nSPS) is 28.3. The number of nitrogen functional groups attached to an aromatic ring is 1. The maximum Gasteiger partial charge on any atom is 0.152 e. The molecule has 1 aliphatic rings. The predicted molar refractivity (Wildman–Crippen MR) is 82.0 cm³/mol. The van der Waals surface area contributed by atoms with Gasteiger partial charge in [-0.05, 0) is 6.07 Å². The summed E-state index contributed by atoms with van der Waals surface area (Å²) >= 11 is 5.01. The molecule has 0 bridgehead atoms. The van der Waals surface area contributed by atoms with Gasteiger partial charge in [0.25, 0.3) is 0 Å². The van der Waals surface area contributed by atoms with Crippen LogP contribution >= 0.6 is 12.2 Å². The van der Waals surface area contributed by atoms with Crippen LogP contribution in [-0.2, 0) is 4.74 Å². The van der Waals surface area contributed by atoms with Gasteiger partial charge < -0.3 is 21.3 Å². The molecule has 1 saturated heterocycles. The zero-order valence-electron chi connectivity index (χ0n) is 11.8. The molecule has 4 atom stereocenters. The molecule has 7 nitrogen and oxygen atoms in total. The largest absolute Gasteiger partial charge is 0.394 e. The van der Waals surface area contributed by atoms with E-state index < -0.39 is 24.3 Å². The van der Waals surface area contributed by atoms with Crippen molar-refractivity contribution in [2.24, 2.45) is 11.7 Å². The van der Waals surface area contributed by atoms with Crippen LogP contribution < -0.4 is 11.5 Å². The van der Waals surface area contributed by atoms with Crippen LogP contribution in [0.2, 0.25) is 0 Å². The summed E-state index contributed by atoms with van der Waals surface area (Å²) in [6.07, 6.45) is -1.47. The third-order valence-electron chi connectivity index (χ3n) is 4.05. The Morgan fingerprint density at radius 3 is 2.91 bits per heavy atom. The lowest BCUT2D eigenvalue weighted by Gasteiger charge is -2.13. The van der Waals surface area contributed by atoms with Gasteiger partial charge >= 0.3 is 0 Å². The fraction of sp³-hybridized carbons (Fsp3) is 0.462. The third-order valence-corrected chi connectivity index (χ3v) is 4.27. The number of halogens is 1. The molecule has 5 N–H and O–H groups in total. The van der Waals surface area contributed by atoms with Gasteiger partial charge in [-0.1, -0.05) is 19.1 Å². The number of fused-ring (bicyclic) bond motifs is 1. The smallest absolute Gasteiger partial charge is 0.152 e. The van der Waals surface area contributed by atoms with Crippen LogP contribution in [0, 0.1) is 5.92 Å². The summed E-state index contributed by atoms with van der Waals surface area (Å²) in [6, 6.07) is 1.62. The van der Waals surface area contributed by atoms with Crippen molar-refractivity contribution < 1.29 is 14.2 Å². The molecule has 0 aliphatic carbocycles. The van der Waals surface area contributed by atoms with Crippen LogP contribution in [0.3, 0.4) is 0 Å². The fourth-order valence-electron chi connectivity index (χ4n) is 2.79. The average Bonchev–Trinajstić information content (AvgIpc) is 3.00. The Bertz CT molecular complexity index is 737. The monoisotopic (exact) mass is 325 g/mol. The van der Waals surface area contributed by atoms with E-state index >= 15 is 0 Å². The second-order valence-corrected chi connectivity index (χ2v) is 5.77. The molecule has 9 heteroatoms. The minimum atomic E-state index is -1.29. The highest BCUT2D eigenvalue weighted by Crippen LogP contribution is 2.40. The average molecular weight is 325 g/mol. The summed E-state index contributed by atoms with van der Waals surface area (Å²) in [4.78, 5) is 4.03. The van der Waals surface area contributed by atoms with Gasteiger partial charge in [-0.15, -0.1) is 0 Å². The number of nitrogens with two attached hydrogens (primary N) is 2. The van der Waals surface area contributed by atoms with Crippen molar-refractivity contribution in [3.05, 3.63) is 23.7 Å². The number of aliphatic hydroxyl groups excluding tert-OH is 1. The number of nitrogens with zero attached hydrogens (tertiary/aromatic N) is 3. The molecular formula is C13H16FN5O2S. The SMILES string of the molecule is C[C@H]1[C@@H](F)[C@H](c2cc(C(N)=S)c3c(N)ncnn23)O[C@@H]1CO. The van der Waals surface area contributed by atoms with E-state index in [0.717, 1.165) is 0 Å². The van der Waals surface area contributed by atoms with Crippen molar-refractivity contribution in [3.8, 4) is 0 Å². The van der Waals surface area contributed by atoms with Crippen LogP contribution in [0.5, 0.6) is 0 Å². The predicted octanol–water partition coefficient (Wildman–Crippen LogP) is 0.352. The van der Waals surface area contributed by atoms with Gasteiger partial charge in [-0.25, -0.2) is 13.9 Å². The van der Waals surface area contributed by atoms with E-state index in [0.29, 0.717) is 16.8 Å². The van der Waals surface area contributed by atoms with E-state index in [-0.39, 0.29) is 17.4 Å². The van der Waals surface area contributed by atoms with Gasteiger partial charge in [0.2, 0.25) is 0 Å². The lowest BCUT2D eigenvalue weighted by Crippen LogP contribution is -2.21. The molecule has 1 fully saturated rings. The number of rotatable bonds is 3. The van der Waals surface area contributed by atoms with Crippen molar-refractivity contribution in [3.63, 3.8) is 0 Å². The zero-order chi connectivity index (χ0) is 16.0. The molecule has 0 radical (unpaired) electrons. The van der Waals surface area contributed by atoms with Crippen LogP contribution in [0.1, 0.15) is 24.3 Å². The van der Waals surface area contributed by atoms with E-state index in [1.165, 1.54) is 10.8 Å². The number of ether oxygens (including phenoxy) is 1. The summed E-state index contributed by atoms with van der Waals surface area (Å²) in [5, 5.41) is 13.4. The first-order valence-electron chi connectivity index (χ1n) is 6.78. The molecule has 2 aromatic heterocycles. The van der Waals surface area contributed by atoms with E-state index in [1.54, 1.807) is 13.0 Å². The topological polar surface area (TPSA) is 112 Å². The second kappa shape index (κ2) is 5.41. The second-order valence-electron chi connectivity index (χ2n) is 5.33. The summed E-state index contributed by atoms with van der Waals surface area (Å²) in [6.45, 7) is 1.44. The van der Waals surface area contributed by atoms with Gasteiger partial charge in [0.1, 0.15) is 29.1 Å². The first-order valence-corrected chi connectivity index (χ1v) is 7.18. The molecule has 0 spiro atoms. The Morgan fingerprint density at radius 1 is 1.59 bits per heavy atom. The number of hydrogen-bond acceptors (Lipinski definition) is 6. The number of anilines is 1. The molecule has 0 saturated carbocycles. The number of thiocarbonyl (C=S) groups is 1. The summed E-state index contributed by atoms with van der Waals surface area (Å²) in [7, 11) is 0. The van der Waals surface area contributed by atoms with Crippen LogP contribution in [-0.4, -0.2) is 43.6 Å². The van der Waals surface area contributed by atoms with Crippen molar-refractivity contribution in [2.45, 2.75) is 25.3 Å². The Balaban J connectivity index is 2.16. The molecule has 2 aromatic rings. The van der Waals surface area contributed by atoms with E-state index in [1.807, 2.05) is 0 Å². The van der Waals surface area contributed by atoms with Crippen molar-refractivity contribution in [1.29, 1.82) is 0 Å². The molecule has 0 amide bonds. The number of hydrogen-bond donors (Lipinski definition) is 3. The highest BCUT2D eigenvalue weighted by Gasteiger charge is 2.44. The highest BCUT2D eigenvalue weighted by atomic mass is 32.1. The lowest BCUT2D eigenvalue weighted by atomic mass is 9.99. The Hall–Kier alpha value is -1.84. The first kappa shape index (κ1) is 15.1. The minimum Gasteiger partial charge on any atom is -0.394 e. The first-order chi connectivity index (χ1) is 10.5. The molecule has 118 valence electrons. The molecule has 1 aliphatic heterocycles. The Kier molecular flexibility index (Phi) is 3.71.